The number of carbonyl (C=O) groups is 1. The largest absolute Gasteiger partial charge is 0.394 e. The highest BCUT2D eigenvalue weighted by atomic mass is 16.3. The number of aliphatic hydroxyl groups is 1. The maximum absolute atomic E-state index is 10.1. The van der Waals surface area contributed by atoms with E-state index in [0.29, 0.717) is 6.41 Å². The molecule has 0 spiro atoms. The van der Waals surface area contributed by atoms with Gasteiger partial charge in [-0.05, 0) is 11.6 Å². The minimum atomic E-state index is -0.351. The van der Waals surface area contributed by atoms with Crippen LogP contribution in [0.25, 0.3) is 0 Å². The van der Waals surface area contributed by atoms with Crippen molar-refractivity contribution in [2.24, 2.45) is 0 Å². The zero-order valence-corrected chi connectivity index (χ0v) is 6.47. The molecule has 0 radical (unpaired) electrons. The van der Waals surface area contributed by atoms with Crippen molar-refractivity contribution in [2.75, 3.05) is 6.61 Å². The van der Waals surface area contributed by atoms with Gasteiger partial charge in [0.15, 0.2) is 0 Å². The standard InChI is InChI=1S/C8H10N2O2/c11-5-8(10-6-12)7-2-1-3-9-4-7/h1-4,6,8,11H,5H2,(H,10,12). The van der Waals surface area contributed by atoms with E-state index in [1.807, 2.05) is 0 Å². The maximum Gasteiger partial charge on any atom is 0.207 e. The molecule has 1 aromatic rings. The van der Waals surface area contributed by atoms with Crippen molar-refractivity contribution in [3.63, 3.8) is 0 Å². The average Bonchev–Trinajstić information content (AvgIpc) is 2.15. The number of pyridine rings is 1. The van der Waals surface area contributed by atoms with Crippen molar-refractivity contribution in [1.82, 2.24) is 10.3 Å². The van der Waals surface area contributed by atoms with Gasteiger partial charge in [-0.25, -0.2) is 0 Å². The van der Waals surface area contributed by atoms with E-state index in [1.54, 1.807) is 24.5 Å². The predicted molar refractivity (Wildman–Crippen MR) is 43.3 cm³/mol. The third kappa shape index (κ3) is 2.03. The van der Waals surface area contributed by atoms with Crippen LogP contribution in [0.2, 0.25) is 0 Å². The van der Waals surface area contributed by atoms with E-state index in [2.05, 4.69) is 10.3 Å². The molecule has 0 aliphatic rings. The first-order chi connectivity index (χ1) is 5.88. The second kappa shape index (κ2) is 4.46. The molecule has 64 valence electrons. The number of carbonyl (C=O) groups excluding carboxylic acids is 1. The van der Waals surface area contributed by atoms with Gasteiger partial charge in [-0.15, -0.1) is 0 Å². The van der Waals surface area contributed by atoms with Gasteiger partial charge in [-0.3, -0.25) is 9.78 Å². The van der Waals surface area contributed by atoms with Crippen LogP contribution in [0.5, 0.6) is 0 Å². The highest BCUT2D eigenvalue weighted by molar-refractivity contribution is 5.47. The Kier molecular flexibility index (Phi) is 3.22. The summed E-state index contributed by atoms with van der Waals surface area (Å²) in [4.78, 5) is 14.0. The molecule has 0 bridgehead atoms. The summed E-state index contributed by atoms with van der Waals surface area (Å²) in [6, 6.07) is 3.20. The van der Waals surface area contributed by atoms with Crippen molar-refractivity contribution in [2.45, 2.75) is 6.04 Å². The lowest BCUT2D eigenvalue weighted by Crippen LogP contribution is -2.22. The van der Waals surface area contributed by atoms with Crippen LogP contribution in [-0.4, -0.2) is 23.1 Å². The number of hydrogen-bond donors (Lipinski definition) is 2. The van der Waals surface area contributed by atoms with Crippen molar-refractivity contribution >= 4 is 6.41 Å². The first-order valence-electron chi connectivity index (χ1n) is 3.59. The SMILES string of the molecule is O=CNC(CO)c1cccnc1. The zero-order valence-electron chi connectivity index (χ0n) is 6.47. The molecule has 0 aliphatic heterocycles. The van der Waals surface area contributed by atoms with E-state index in [1.165, 1.54) is 0 Å². The quantitative estimate of drug-likeness (QED) is 0.612. The number of nitrogens with one attached hydrogen (secondary N) is 1. The Morgan fingerprint density at radius 2 is 2.58 bits per heavy atom. The number of rotatable bonds is 4. The number of nitrogens with zero attached hydrogens (tertiary/aromatic N) is 1. The summed E-state index contributed by atoms with van der Waals surface area (Å²) in [6.07, 6.45) is 3.81. The first-order valence-corrected chi connectivity index (χ1v) is 3.59. The molecule has 0 saturated heterocycles. The van der Waals surface area contributed by atoms with E-state index in [-0.39, 0.29) is 12.6 Å². The van der Waals surface area contributed by atoms with E-state index in [0.717, 1.165) is 5.56 Å². The van der Waals surface area contributed by atoms with E-state index < -0.39 is 0 Å². The molecule has 4 heteroatoms. The summed E-state index contributed by atoms with van der Waals surface area (Å²) < 4.78 is 0. The molecule has 0 fully saturated rings. The fourth-order valence-electron chi connectivity index (χ4n) is 0.919. The number of hydrogen-bond acceptors (Lipinski definition) is 3. The minimum absolute atomic E-state index is 0.121. The molecular weight excluding hydrogens is 156 g/mol. The van der Waals surface area contributed by atoms with Crippen LogP contribution in [-0.2, 0) is 4.79 Å². The molecule has 2 N–H and O–H groups in total. The van der Waals surface area contributed by atoms with Gasteiger partial charge in [-0.1, -0.05) is 6.07 Å². The summed E-state index contributed by atoms with van der Waals surface area (Å²) in [5, 5.41) is 11.3. The average molecular weight is 166 g/mol. The van der Waals surface area contributed by atoms with Crippen molar-refractivity contribution in [1.29, 1.82) is 0 Å². The second-order valence-corrected chi connectivity index (χ2v) is 2.31. The summed E-state index contributed by atoms with van der Waals surface area (Å²) >= 11 is 0. The lowest BCUT2D eigenvalue weighted by Gasteiger charge is -2.11. The second-order valence-electron chi connectivity index (χ2n) is 2.31. The molecule has 0 aliphatic carbocycles. The molecule has 0 saturated carbocycles. The van der Waals surface area contributed by atoms with E-state index in [9.17, 15) is 4.79 Å². The van der Waals surface area contributed by atoms with Gasteiger partial charge in [-0.2, -0.15) is 0 Å². The highest BCUT2D eigenvalue weighted by Crippen LogP contribution is 2.08. The lowest BCUT2D eigenvalue weighted by atomic mass is 10.1. The highest BCUT2D eigenvalue weighted by Gasteiger charge is 2.07. The van der Waals surface area contributed by atoms with Crippen LogP contribution in [0, 0.1) is 0 Å². The molecule has 4 nitrogen and oxygen atoms in total. The smallest absolute Gasteiger partial charge is 0.207 e. The normalized spacial score (nSPS) is 12.1. The molecule has 12 heavy (non-hydrogen) atoms. The summed E-state index contributed by atoms with van der Waals surface area (Å²) in [5.74, 6) is 0. The fraction of sp³-hybridized carbons (Fsp3) is 0.250. The van der Waals surface area contributed by atoms with Crippen LogP contribution in [0.3, 0.4) is 0 Å². The zero-order chi connectivity index (χ0) is 8.81. The maximum atomic E-state index is 10.1. The Hall–Kier alpha value is -1.42. The molecule has 1 atom stereocenters. The lowest BCUT2D eigenvalue weighted by molar-refractivity contribution is -0.110. The predicted octanol–water partition coefficient (Wildman–Crippen LogP) is -0.139. The van der Waals surface area contributed by atoms with Gasteiger partial charge in [0.1, 0.15) is 0 Å². The van der Waals surface area contributed by atoms with Gasteiger partial charge in [0.2, 0.25) is 6.41 Å². The molecular formula is C8H10N2O2. The fourth-order valence-corrected chi connectivity index (χ4v) is 0.919. The van der Waals surface area contributed by atoms with Crippen molar-refractivity contribution < 1.29 is 9.90 Å². The van der Waals surface area contributed by atoms with Crippen LogP contribution in [0.4, 0.5) is 0 Å². The van der Waals surface area contributed by atoms with Gasteiger partial charge >= 0.3 is 0 Å². The Labute approximate surface area is 70.3 Å². The molecule has 1 rings (SSSR count). The number of aliphatic hydroxyl groups excluding tert-OH is 1. The van der Waals surface area contributed by atoms with E-state index >= 15 is 0 Å². The molecule has 1 aromatic heterocycles. The molecule has 0 aromatic carbocycles. The van der Waals surface area contributed by atoms with E-state index in [4.69, 9.17) is 5.11 Å². The van der Waals surface area contributed by atoms with Gasteiger partial charge in [0.05, 0.1) is 12.6 Å². The Morgan fingerprint density at radius 1 is 1.75 bits per heavy atom. The Morgan fingerprint density at radius 3 is 3.08 bits per heavy atom. The summed E-state index contributed by atoms with van der Waals surface area (Å²) in [5.41, 5.74) is 0.798. The third-order valence-corrected chi connectivity index (χ3v) is 1.54. The Bertz CT molecular complexity index is 238. The summed E-state index contributed by atoms with van der Waals surface area (Å²) in [7, 11) is 0. The Balaban J connectivity index is 2.72. The minimum Gasteiger partial charge on any atom is -0.394 e. The van der Waals surface area contributed by atoms with Crippen LogP contribution in [0.1, 0.15) is 11.6 Å². The molecule has 1 unspecified atom stereocenters. The number of aromatic nitrogens is 1. The van der Waals surface area contributed by atoms with Gasteiger partial charge in [0.25, 0.3) is 0 Å². The van der Waals surface area contributed by atoms with Gasteiger partial charge in [0, 0.05) is 12.4 Å². The molecule has 1 heterocycles. The monoisotopic (exact) mass is 166 g/mol. The van der Waals surface area contributed by atoms with Crippen molar-refractivity contribution in [3.8, 4) is 0 Å². The number of amides is 1. The first kappa shape index (κ1) is 8.67. The van der Waals surface area contributed by atoms with Gasteiger partial charge < -0.3 is 10.4 Å². The van der Waals surface area contributed by atoms with Crippen LogP contribution < -0.4 is 5.32 Å². The van der Waals surface area contributed by atoms with Crippen LogP contribution in [0.15, 0.2) is 24.5 Å². The molecule has 1 amide bonds. The van der Waals surface area contributed by atoms with Crippen LogP contribution >= 0.6 is 0 Å². The summed E-state index contributed by atoms with van der Waals surface area (Å²) in [6.45, 7) is -0.121. The topological polar surface area (TPSA) is 62.2 Å². The third-order valence-electron chi connectivity index (χ3n) is 1.54. The van der Waals surface area contributed by atoms with Crippen molar-refractivity contribution in [3.05, 3.63) is 30.1 Å².